The average molecular weight is 374 g/mol. The van der Waals surface area contributed by atoms with Gasteiger partial charge in [-0.05, 0) is 84.7 Å². The maximum absolute atomic E-state index is 10.2. The lowest BCUT2D eigenvalue weighted by molar-refractivity contribution is 0.471. The number of aryl methyl sites for hydroxylation is 1. The van der Waals surface area contributed by atoms with Crippen LogP contribution in [0.3, 0.4) is 0 Å². The maximum Gasteiger partial charge on any atom is 0.117 e. The summed E-state index contributed by atoms with van der Waals surface area (Å²) in [7, 11) is 0. The van der Waals surface area contributed by atoms with Crippen LogP contribution in [0.25, 0.3) is 0 Å². The lowest BCUT2D eigenvalue weighted by atomic mass is 9.79. The van der Waals surface area contributed by atoms with E-state index < -0.39 is 0 Å². The molecular weight excluding hydrogens is 348 g/mol. The Morgan fingerprint density at radius 2 is 1.71 bits per heavy atom. The summed E-state index contributed by atoms with van der Waals surface area (Å²) in [6.45, 7) is 3.79. The van der Waals surface area contributed by atoms with Gasteiger partial charge in [0, 0.05) is 37.2 Å². The molecule has 1 heterocycles. The number of anilines is 1. The Morgan fingerprint density at radius 1 is 0.964 bits per heavy atom. The Morgan fingerprint density at radius 3 is 2.50 bits per heavy atom. The highest BCUT2D eigenvalue weighted by molar-refractivity contribution is 5.59. The van der Waals surface area contributed by atoms with Crippen LogP contribution in [0.1, 0.15) is 41.5 Å². The number of aromatic nitrogens is 1. The number of pyridine rings is 1. The van der Waals surface area contributed by atoms with Crippen LogP contribution in [0.4, 0.5) is 5.69 Å². The molecule has 2 aromatic carbocycles. The molecule has 144 valence electrons. The molecule has 4 heteroatoms. The van der Waals surface area contributed by atoms with Crippen molar-refractivity contribution >= 4 is 5.69 Å². The highest BCUT2D eigenvalue weighted by Crippen LogP contribution is 2.39. The molecule has 4 nitrogen and oxygen atoms in total. The number of phenols is 2. The van der Waals surface area contributed by atoms with Crippen molar-refractivity contribution in [3.63, 3.8) is 0 Å². The predicted molar refractivity (Wildman–Crippen MR) is 112 cm³/mol. The van der Waals surface area contributed by atoms with E-state index in [-0.39, 0.29) is 0 Å². The van der Waals surface area contributed by atoms with Gasteiger partial charge in [-0.2, -0.15) is 0 Å². The molecule has 3 aromatic rings. The van der Waals surface area contributed by atoms with Crippen LogP contribution in [0.2, 0.25) is 0 Å². The molecule has 1 unspecified atom stereocenters. The van der Waals surface area contributed by atoms with Crippen molar-refractivity contribution in [3.05, 3.63) is 83.2 Å². The highest BCUT2D eigenvalue weighted by Gasteiger charge is 2.24. The van der Waals surface area contributed by atoms with Gasteiger partial charge in [-0.3, -0.25) is 4.98 Å². The number of rotatable bonds is 5. The van der Waals surface area contributed by atoms with E-state index in [2.05, 4.69) is 22.9 Å². The van der Waals surface area contributed by atoms with E-state index in [4.69, 9.17) is 0 Å². The summed E-state index contributed by atoms with van der Waals surface area (Å²) in [5.41, 5.74) is 6.15. The van der Waals surface area contributed by atoms with Gasteiger partial charge in [0.05, 0.1) is 0 Å². The zero-order chi connectivity index (χ0) is 19.5. The van der Waals surface area contributed by atoms with Gasteiger partial charge in [0.15, 0.2) is 0 Å². The zero-order valence-electron chi connectivity index (χ0n) is 16.2. The quantitative estimate of drug-likeness (QED) is 0.674. The van der Waals surface area contributed by atoms with Crippen molar-refractivity contribution in [1.82, 2.24) is 4.98 Å². The molecule has 0 radical (unpaired) electrons. The third-order valence-electron chi connectivity index (χ3n) is 5.72. The lowest BCUT2D eigenvalue weighted by Gasteiger charge is -2.31. The fourth-order valence-electron chi connectivity index (χ4n) is 4.23. The molecule has 0 saturated heterocycles. The van der Waals surface area contributed by atoms with E-state index in [0.717, 1.165) is 38.0 Å². The molecule has 2 N–H and O–H groups in total. The summed E-state index contributed by atoms with van der Waals surface area (Å²) in [6, 6.07) is 15.6. The fraction of sp³-hybridized carbons (Fsp3) is 0.292. The largest absolute Gasteiger partial charge is 0.508 e. The molecule has 0 saturated carbocycles. The van der Waals surface area contributed by atoms with Gasteiger partial charge >= 0.3 is 0 Å². The highest BCUT2D eigenvalue weighted by atomic mass is 16.3. The third kappa shape index (κ3) is 3.81. The molecular formula is C24H26N2O2. The lowest BCUT2D eigenvalue weighted by Crippen LogP contribution is -2.25. The van der Waals surface area contributed by atoms with Crippen LogP contribution in [0.5, 0.6) is 11.5 Å². The summed E-state index contributed by atoms with van der Waals surface area (Å²) < 4.78 is 0. The Kier molecular flexibility index (Phi) is 5.20. The summed E-state index contributed by atoms with van der Waals surface area (Å²) in [6.07, 6.45) is 6.60. The van der Waals surface area contributed by atoms with E-state index in [0.29, 0.717) is 17.4 Å². The Balaban J connectivity index is 1.65. The van der Waals surface area contributed by atoms with Gasteiger partial charge in [-0.15, -0.1) is 0 Å². The number of aromatic hydroxyl groups is 2. The first kappa shape index (κ1) is 18.4. The second-order valence-electron chi connectivity index (χ2n) is 7.51. The van der Waals surface area contributed by atoms with E-state index >= 15 is 0 Å². The number of nitrogens with zero attached hydrogens (tertiary/aromatic N) is 2. The van der Waals surface area contributed by atoms with Crippen LogP contribution in [-0.2, 0) is 19.4 Å². The van der Waals surface area contributed by atoms with Crippen LogP contribution in [0, 0.1) is 0 Å². The zero-order valence-corrected chi connectivity index (χ0v) is 16.2. The molecule has 28 heavy (non-hydrogen) atoms. The van der Waals surface area contributed by atoms with Gasteiger partial charge in [-0.25, -0.2) is 0 Å². The number of benzene rings is 2. The predicted octanol–water partition coefficient (Wildman–Crippen LogP) is 4.79. The topological polar surface area (TPSA) is 56.6 Å². The molecule has 0 bridgehead atoms. The van der Waals surface area contributed by atoms with Gasteiger partial charge in [0.25, 0.3) is 0 Å². The SMILES string of the molecule is CCN(Cc1ccncc1)c1cc(O)ccc1C1CCc2cc(O)ccc2C1. The van der Waals surface area contributed by atoms with Crippen molar-refractivity contribution in [2.75, 3.05) is 11.4 Å². The minimum Gasteiger partial charge on any atom is -0.508 e. The van der Waals surface area contributed by atoms with Gasteiger partial charge in [-0.1, -0.05) is 12.1 Å². The van der Waals surface area contributed by atoms with Crippen molar-refractivity contribution in [1.29, 1.82) is 0 Å². The van der Waals surface area contributed by atoms with Crippen molar-refractivity contribution in [2.24, 2.45) is 0 Å². The maximum atomic E-state index is 10.2. The second-order valence-corrected chi connectivity index (χ2v) is 7.51. The number of hydrogen-bond acceptors (Lipinski definition) is 4. The Hall–Kier alpha value is -3.01. The first-order chi connectivity index (χ1) is 13.6. The van der Waals surface area contributed by atoms with Crippen molar-refractivity contribution < 1.29 is 10.2 Å². The van der Waals surface area contributed by atoms with Crippen LogP contribution < -0.4 is 4.90 Å². The first-order valence-corrected chi connectivity index (χ1v) is 9.91. The van der Waals surface area contributed by atoms with E-state index in [1.54, 1.807) is 12.1 Å². The molecule has 4 rings (SSSR count). The van der Waals surface area contributed by atoms with Gasteiger partial charge in [0.1, 0.15) is 11.5 Å². The molecule has 0 amide bonds. The van der Waals surface area contributed by atoms with Crippen molar-refractivity contribution in [2.45, 2.75) is 38.6 Å². The standard InChI is InChI=1S/C24H26N2O2/c1-2-26(16-17-9-11-25-12-10-17)24-15-22(28)7-8-23(24)20-4-3-19-14-21(27)6-5-18(19)13-20/h5-12,14-15,20,27-28H,2-4,13,16H2,1H3. The molecule has 0 fully saturated rings. The minimum atomic E-state index is 0.299. The van der Waals surface area contributed by atoms with Gasteiger partial charge in [0.2, 0.25) is 0 Å². The molecule has 1 aromatic heterocycles. The van der Waals surface area contributed by atoms with Crippen LogP contribution in [0.15, 0.2) is 60.9 Å². The first-order valence-electron chi connectivity index (χ1n) is 9.91. The molecule has 1 aliphatic rings. The van der Waals surface area contributed by atoms with Crippen LogP contribution in [-0.4, -0.2) is 21.7 Å². The van der Waals surface area contributed by atoms with E-state index in [1.807, 2.05) is 42.7 Å². The van der Waals surface area contributed by atoms with E-state index in [1.165, 1.54) is 22.3 Å². The summed E-state index contributed by atoms with van der Waals surface area (Å²) >= 11 is 0. The monoisotopic (exact) mass is 374 g/mol. The number of phenolic OH excluding ortho intramolecular Hbond substituents is 2. The summed E-state index contributed by atoms with van der Waals surface area (Å²) in [5.74, 6) is 1.05. The average Bonchev–Trinajstić information content (AvgIpc) is 2.72. The third-order valence-corrected chi connectivity index (χ3v) is 5.72. The smallest absolute Gasteiger partial charge is 0.117 e. The van der Waals surface area contributed by atoms with Gasteiger partial charge < -0.3 is 15.1 Å². The van der Waals surface area contributed by atoms with Crippen molar-refractivity contribution in [3.8, 4) is 11.5 Å². The van der Waals surface area contributed by atoms with E-state index in [9.17, 15) is 10.2 Å². The summed E-state index contributed by atoms with van der Waals surface area (Å²) in [4.78, 5) is 6.42. The fourth-order valence-corrected chi connectivity index (χ4v) is 4.23. The normalized spacial score (nSPS) is 15.8. The molecule has 1 aliphatic carbocycles. The minimum absolute atomic E-state index is 0.299. The second kappa shape index (κ2) is 7.93. The molecule has 1 atom stereocenters. The Labute approximate surface area is 166 Å². The van der Waals surface area contributed by atoms with Crippen LogP contribution >= 0.6 is 0 Å². The Bertz CT molecular complexity index is 956. The molecule has 0 spiro atoms. The number of fused-ring (bicyclic) bond motifs is 1. The number of hydrogen-bond donors (Lipinski definition) is 2. The molecule has 0 aliphatic heterocycles. The summed E-state index contributed by atoms with van der Waals surface area (Å²) in [5, 5.41) is 19.9.